The van der Waals surface area contributed by atoms with Crippen LogP contribution in [-0.4, -0.2) is 10.6 Å². The van der Waals surface area contributed by atoms with Crippen LogP contribution in [0.3, 0.4) is 0 Å². The topological polar surface area (TPSA) is 34.0 Å². The predicted octanol–water partition coefficient (Wildman–Crippen LogP) is 2.47. The molecule has 0 radical (unpaired) electrons. The van der Waals surface area contributed by atoms with E-state index in [-0.39, 0.29) is 5.56 Å². The molecular formula is C13H20N2O. The third kappa shape index (κ3) is 2.46. The lowest BCUT2D eigenvalue weighted by molar-refractivity contribution is 0.309. The van der Waals surface area contributed by atoms with Gasteiger partial charge in [0, 0.05) is 24.8 Å². The Morgan fingerprint density at radius 2 is 2.19 bits per heavy atom. The van der Waals surface area contributed by atoms with Crippen LogP contribution in [0.1, 0.15) is 33.1 Å². The maximum absolute atomic E-state index is 11.5. The zero-order valence-corrected chi connectivity index (χ0v) is 10.1. The molecule has 16 heavy (non-hydrogen) atoms. The van der Waals surface area contributed by atoms with Gasteiger partial charge in [0.05, 0.1) is 5.69 Å². The highest BCUT2D eigenvalue weighted by Gasteiger charge is 2.24. The number of nitrogens with one attached hydrogen (secondary N) is 1. The second-order valence-electron chi connectivity index (χ2n) is 4.87. The van der Waals surface area contributed by atoms with Gasteiger partial charge in [0.25, 0.3) is 5.56 Å². The van der Waals surface area contributed by atoms with Gasteiger partial charge in [0.1, 0.15) is 0 Å². The summed E-state index contributed by atoms with van der Waals surface area (Å²) in [6.45, 7) is 5.16. The molecular weight excluding hydrogens is 200 g/mol. The Morgan fingerprint density at radius 1 is 1.44 bits per heavy atom. The van der Waals surface area contributed by atoms with Gasteiger partial charge in [0.2, 0.25) is 0 Å². The van der Waals surface area contributed by atoms with Crippen molar-refractivity contribution in [3.05, 3.63) is 28.7 Å². The lowest BCUT2D eigenvalue weighted by Crippen LogP contribution is -2.34. The Hall–Kier alpha value is -1.25. The zero-order chi connectivity index (χ0) is 11.5. The number of anilines is 1. The Bertz CT molecular complexity index is 405. The normalized spacial score (nSPS) is 23.9. The molecule has 1 heterocycles. The van der Waals surface area contributed by atoms with Crippen molar-refractivity contribution in [3.8, 4) is 0 Å². The molecule has 3 nitrogen and oxygen atoms in total. The molecule has 0 aromatic carbocycles. The van der Waals surface area contributed by atoms with Gasteiger partial charge in [-0.15, -0.1) is 0 Å². The highest BCUT2D eigenvalue weighted by atomic mass is 16.1. The SMILES string of the molecule is CCCn1cc(NC2CC(C)C2)ccc1=O. The van der Waals surface area contributed by atoms with Crippen molar-refractivity contribution >= 4 is 5.69 Å². The molecule has 0 saturated heterocycles. The van der Waals surface area contributed by atoms with Crippen molar-refractivity contribution in [2.45, 2.75) is 45.7 Å². The fraction of sp³-hybridized carbons (Fsp3) is 0.615. The second-order valence-corrected chi connectivity index (χ2v) is 4.87. The minimum Gasteiger partial charge on any atom is -0.381 e. The van der Waals surface area contributed by atoms with Gasteiger partial charge in [0.15, 0.2) is 0 Å². The molecule has 88 valence electrons. The molecule has 1 aliphatic rings. The second kappa shape index (κ2) is 4.73. The number of aromatic nitrogens is 1. The molecule has 1 fully saturated rings. The summed E-state index contributed by atoms with van der Waals surface area (Å²) in [5.41, 5.74) is 1.17. The van der Waals surface area contributed by atoms with Crippen LogP contribution in [0.2, 0.25) is 0 Å². The molecule has 1 aromatic rings. The summed E-state index contributed by atoms with van der Waals surface area (Å²) in [6.07, 6.45) is 5.42. The summed E-state index contributed by atoms with van der Waals surface area (Å²) in [5.74, 6) is 0.846. The monoisotopic (exact) mass is 220 g/mol. The highest BCUT2D eigenvalue weighted by molar-refractivity contribution is 5.41. The summed E-state index contributed by atoms with van der Waals surface area (Å²) >= 11 is 0. The first-order chi connectivity index (χ1) is 7.69. The van der Waals surface area contributed by atoms with Gasteiger partial charge in [-0.1, -0.05) is 13.8 Å². The molecule has 0 spiro atoms. The van der Waals surface area contributed by atoms with E-state index in [1.165, 1.54) is 12.8 Å². The molecule has 0 aliphatic heterocycles. The molecule has 2 rings (SSSR count). The number of nitrogens with zero attached hydrogens (tertiary/aromatic N) is 1. The van der Waals surface area contributed by atoms with Crippen LogP contribution in [0.5, 0.6) is 0 Å². The quantitative estimate of drug-likeness (QED) is 0.845. The highest BCUT2D eigenvalue weighted by Crippen LogP contribution is 2.29. The molecule has 0 atom stereocenters. The van der Waals surface area contributed by atoms with Gasteiger partial charge >= 0.3 is 0 Å². The zero-order valence-electron chi connectivity index (χ0n) is 10.1. The van der Waals surface area contributed by atoms with E-state index in [1.54, 1.807) is 10.6 Å². The smallest absolute Gasteiger partial charge is 0.250 e. The standard InChI is InChI=1S/C13H20N2O/c1-3-6-15-9-11(4-5-13(15)16)14-12-7-10(2)8-12/h4-5,9-10,12,14H,3,6-8H2,1-2H3. The molecule has 0 amide bonds. The summed E-state index contributed by atoms with van der Waals surface area (Å²) in [6, 6.07) is 4.14. The molecule has 3 heteroatoms. The largest absolute Gasteiger partial charge is 0.381 e. The lowest BCUT2D eigenvalue weighted by Gasteiger charge is -2.34. The van der Waals surface area contributed by atoms with Crippen LogP contribution in [-0.2, 0) is 6.54 Å². The van der Waals surface area contributed by atoms with Gasteiger partial charge in [-0.25, -0.2) is 0 Å². The number of pyridine rings is 1. The van der Waals surface area contributed by atoms with Crippen LogP contribution in [0.15, 0.2) is 23.1 Å². The fourth-order valence-electron chi connectivity index (χ4n) is 2.29. The molecule has 1 aromatic heterocycles. The predicted molar refractivity (Wildman–Crippen MR) is 66.8 cm³/mol. The first-order valence-electron chi connectivity index (χ1n) is 6.16. The van der Waals surface area contributed by atoms with E-state index >= 15 is 0 Å². The Kier molecular flexibility index (Phi) is 3.32. The Morgan fingerprint density at radius 3 is 2.81 bits per heavy atom. The average Bonchev–Trinajstić information content (AvgIpc) is 2.21. The molecule has 1 aliphatic carbocycles. The minimum atomic E-state index is 0.0920. The lowest BCUT2D eigenvalue weighted by atomic mass is 9.82. The van der Waals surface area contributed by atoms with E-state index in [1.807, 2.05) is 12.3 Å². The number of hydrogen-bond acceptors (Lipinski definition) is 2. The number of hydrogen-bond donors (Lipinski definition) is 1. The van der Waals surface area contributed by atoms with Crippen LogP contribution >= 0.6 is 0 Å². The van der Waals surface area contributed by atoms with E-state index in [0.717, 1.165) is 24.6 Å². The van der Waals surface area contributed by atoms with Crippen molar-refractivity contribution in [2.75, 3.05) is 5.32 Å². The Labute approximate surface area is 96.5 Å². The van der Waals surface area contributed by atoms with E-state index in [4.69, 9.17) is 0 Å². The van der Waals surface area contributed by atoms with Gasteiger partial charge < -0.3 is 9.88 Å². The van der Waals surface area contributed by atoms with E-state index < -0.39 is 0 Å². The Balaban J connectivity index is 2.04. The van der Waals surface area contributed by atoms with Crippen LogP contribution in [0.4, 0.5) is 5.69 Å². The summed E-state index contributed by atoms with van der Waals surface area (Å²) in [7, 11) is 0. The summed E-state index contributed by atoms with van der Waals surface area (Å²) < 4.78 is 1.78. The van der Waals surface area contributed by atoms with E-state index in [9.17, 15) is 4.79 Å². The molecule has 0 unspecified atom stereocenters. The van der Waals surface area contributed by atoms with Gasteiger partial charge in [-0.3, -0.25) is 4.79 Å². The van der Waals surface area contributed by atoms with Crippen molar-refractivity contribution in [1.29, 1.82) is 0 Å². The maximum Gasteiger partial charge on any atom is 0.250 e. The van der Waals surface area contributed by atoms with Crippen molar-refractivity contribution in [1.82, 2.24) is 4.57 Å². The molecule has 1 N–H and O–H groups in total. The first kappa shape index (κ1) is 11.2. The number of aryl methyl sites for hydroxylation is 1. The van der Waals surface area contributed by atoms with Crippen molar-refractivity contribution < 1.29 is 0 Å². The molecule has 0 bridgehead atoms. The van der Waals surface area contributed by atoms with E-state index in [2.05, 4.69) is 19.2 Å². The minimum absolute atomic E-state index is 0.0920. The van der Waals surface area contributed by atoms with Crippen molar-refractivity contribution in [2.24, 2.45) is 5.92 Å². The van der Waals surface area contributed by atoms with Gasteiger partial charge in [-0.2, -0.15) is 0 Å². The first-order valence-corrected chi connectivity index (χ1v) is 6.16. The average molecular weight is 220 g/mol. The fourth-order valence-corrected chi connectivity index (χ4v) is 2.29. The third-order valence-electron chi connectivity index (χ3n) is 3.19. The third-order valence-corrected chi connectivity index (χ3v) is 3.19. The maximum atomic E-state index is 11.5. The van der Waals surface area contributed by atoms with Crippen LogP contribution in [0, 0.1) is 5.92 Å². The number of rotatable bonds is 4. The summed E-state index contributed by atoms with van der Waals surface area (Å²) in [5, 5.41) is 3.48. The summed E-state index contributed by atoms with van der Waals surface area (Å²) in [4.78, 5) is 11.5. The van der Waals surface area contributed by atoms with Gasteiger partial charge in [-0.05, 0) is 31.2 Å². The van der Waals surface area contributed by atoms with E-state index in [0.29, 0.717) is 6.04 Å². The molecule has 1 saturated carbocycles. The van der Waals surface area contributed by atoms with Crippen LogP contribution in [0.25, 0.3) is 0 Å². The van der Waals surface area contributed by atoms with Crippen LogP contribution < -0.4 is 10.9 Å². The van der Waals surface area contributed by atoms with Crippen molar-refractivity contribution in [3.63, 3.8) is 0 Å².